The number of allylic oxidation sites excluding steroid dienone is 1. The molecule has 0 bridgehead atoms. The highest BCUT2D eigenvalue weighted by molar-refractivity contribution is 9.10. The summed E-state index contributed by atoms with van der Waals surface area (Å²) in [4.78, 5) is 12.4. The number of carbonyl (C=O) groups excluding carboxylic acids is 1. The zero-order valence-corrected chi connectivity index (χ0v) is 18.3. The number of benzene rings is 2. The summed E-state index contributed by atoms with van der Waals surface area (Å²) < 4.78 is 8.46. The summed E-state index contributed by atoms with van der Waals surface area (Å²) in [6.07, 6.45) is 5.82. The molecule has 1 N–H and O–H groups in total. The van der Waals surface area contributed by atoms with E-state index in [1.54, 1.807) is 24.5 Å². The fourth-order valence-electron chi connectivity index (χ4n) is 3.48. The number of nitrogens with zero attached hydrogens (tertiary/aromatic N) is 2. The lowest BCUT2D eigenvalue weighted by molar-refractivity contribution is -0.117. The monoisotopic (exact) mass is 473 g/mol. The minimum atomic E-state index is -0.405. The van der Waals surface area contributed by atoms with Crippen LogP contribution in [0.4, 0.5) is 0 Å². The van der Waals surface area contributed by atoms with E-state index in [1.807, 2.05) is 30.3 Å². The Bertz CT molecular complexity index is 1260. The number of nitriles is 1. The van der Waals surface area contributed by atoms with Crippen LogP contribution in [0.2, 0.25) is 0 Å². The summed E-state index contributed by atoms with van der Waals surface area (Å²) >= 11 is 3.47. The summed E-state index contributed by atoms with van der Waals surface area (Å²) in [5.74, 6) is 0.235. The minimum Gasteiger partial charge on any atom is -0.467 e. The Kier molecular flexibility index (Phi) is 6.34. The molecule has 0 atom stereocenters. The van der Waals surface area contributed by atoms with Gasteiger partial charge in [-0.1, -0.05) is 52.3 Å². The number of amides is 1. The molecule has 2 aromatic heterocycles. The normalized spacial score (nSPS) is 11.4. The van der Waals surface area contributed by atoms with Gasteiger partial charge in [-0.2, -0.15) is 5.26 Å². The average Bonchev–Trinajstić information content (AvgIpc) is 3.43. The Balaban J connectivity index is 1.54. The molecule has 154 valence electrons. The third-order valence-corrected chi connectivity index (χ3v) is 5.56. The molecular weight excluding hydrogens is 454 g/mol. The van der Waals surface area contributed by atoms with Crippen molar-refractivity contribution < 1.29 is 9.21 Å². The minimum absolute atomic E-state index is 0.0938. The maximum absolute atomic E-state index is 12.4. The van der Waals surface area contributed by atoms with E-state index >= 15 is 0 Å². The van der Waals surface area contributed by atoms with Gasteiger partial charge in [-0.25, -0.2) is 0 Å². The summed E-state index contributed by atoms with van der Waals surface area (Å²) in [7, 11) is 0. The van der Waals surface area contributed by atoms with Crippen molar-refractivity contribution in [3.05, 3.63) is 106 Å². The van der Waals surface area contributed by atoms with E-state index in [0.717, 1.165) is 27.5 Å². The van der Waals surface area contributed by atoms with Crippen molar-refractivity contribution in [3.8, 4) is 6.07 Å². The third kappa shape index (κ3) is 4.96. The number of nitrogens with one attached hydrogen (secondary N) is 1. The van der Waals surface area contributed by atoms with Crippen LogP contribution in [0.15, 0.2) is 93.7 Å². The van der Waals surface area contributed by atoms with E-state index in [4.69, 9.17) is 4.42 Å². The van der Waals surface area contributed by atoms with Gasteiger partial charge in [-0.15, -0.1) is 0 Å². The lowest BCUT2D eigenvalue weighted by Gasteiger charge is -2.05. The van der Waals surface area contributed by atoms with Crippen LogP contribution in [0.25, 0.3) is 10.9 Å². The molecule has 5 nitrogen and oxygen atoms in total. The number of carbonyl (C=O) groups is 1. The second-order valence-corrected chi connectivity index (χ2v) is 8.04. The van der Waals surface area contributed by atoms with Crippen LogP contribution >= 0.6 is 15.9 Å². The second kappa shape index (κ2) is 9.50. The van der Waals surface area contributed by atoms with E-state index < -0.39 is 5.91 Å². The largest absolute Gasteiger partial charge is 0.467 e. The molecule has 0 aliphatic rings. The standard InChI is InChI=1S/C25H20BrN3O2/c26-21-11-7-18(8-12-21)16-29-17-20(23-5-1-2-6-24(23)29)10-9-19(14-27)25(30)28-15-22-4-3-13-31-22/h1-9,11-13,17H,10,15-16H2,(H,28,30)/b19-9+. The summed E-state index contributed by atoms with van der Waals surface area (Å²) in [5, 5.41) is 13.3. The van der Waals surface area contributed by atoms with Crippen molar-refractivity contribution in [2.45, 2.75) is 19.5 Å². The molecule has 0 saturated heterocycles. The van der Waals surface area contributed by atoms with Crippen LogP contribution in [-0.4, -0.2) is 10.5 Å². The summed E-state index contributed by atoms with van der Waals surface area (Å²) in [6, 6.07) is 22.0. The van der Waals surface area contributed by atoms with Crippen LogP contribution in [0.3, 0.4) is 0 Å². The molecule has 31 heavy (non-hydrogen) atoms. The number of rotatable bonds is 7. The second-order valence-electron chi connectivity index (χ2n) is 7.12. The van der Waals surface area contributed by atoms with Crippen molar-refractivity contribution in [1.29, 1.82) is 5.26 Å². The maximum Gasteiger partial charge on any atom is 0.261 e. The number of furan rings is 1. The molecule has 0 radical (unpaired) electrons. The highest BCUT2D eigenvalue weighted by atomic mass is 79.9. The fourth-order valence-corrected chi connectivity index (χ4v) is 3.74. The molecule has 0 aliphatic carbocycles. The third-order valence-electron chi connectivity index (χ3n) is 5.03. The molecule has 0 spiro atoms. The van der Waals surface area contributed by atoms with Gasteiger partial charge < -0.3 is 14.3 Å². The van der Waals surface area contributed by atoms with Gasteiger partial charge in [0.2, 0.25) is 0 Å². The predicted octanol–water partition coefficient (Wildman–Crippen LogP) is 5.35. The van der Waals surface area contributed by atoms with Gasteiger partial charge in [0.15, 0.2) is 0 Å². The number of hydrogen-bond donors (Lipinski definition) is 1. The first-order valence-electron chi connectivity index (χ1n) is 9.86. The van der Waals surface area contributed by atoms with Crippen LogP contribution in [-0.2, 0) is 24.3 Å². The van der Waals surface area contributed by atoms with Crippen LogP contribution in [0, 0.1) is 11.3 Å². The van der Waals surface area contributed by atoms with Gasteiger partial charge in [0.25, 0.3) is 5.91 Å². The van der Waals surface area contributed by atoms with Gasteiger partial charge in [-0.05, 0) is 47.9 Å². The molecule has 0 fully saturated rings. The number of hydrogen-bond acceptors (Lipinski definition) is 3. The molecule has 1 amide bonds. The summed E-state index contributed by atoms with van der Waals surface area (Å²) in [6.45, 7) is 0.990. The average molecular weight is 474 g/mol. The quantitative estimate of drug-likeness (QED) is 0.290. The van der Waals surface area contributed by atoms with Crippen molar-refractivity contribution >= 4 is 32.7 Å². The Morgan fingerprint density at radius 3 is 2.68 bits per heavy atom. The first-order valence-corrected chi connectivity index (χ1v) is 10.7. The van der Waals surface area contributed by atoms with Crippen LogP contribution < -0.4 is 5.32 Å². The number of aromatic nitrogens is 1. The van der Waals surface area contributed by atoms with Gasteiger partial charge in [-0.3, -0.25) is 4.79 Å². The lowest BCUT2D eigenvalue weighted by Crippen LogP contribution is -2.23. The first-order chi connectivity index (χ1) is 15.1. The van der Waals surface area contributed by atoms with E-state index in [0.29, 0.717) is 12.2 Å². The zero-order valence-electron chi connectivity index (χ0n) is 16.7. The Morgan fingerprint density at radius 2 is 1.94 bits per heavy atom. The summed E-state index contributed by atoms with van der Waals surface area (Å²) in [5.41, 5.74) is 3.48. The van der Waals surface area contributed by atoms with Crippen molar-refractivity contribution in [3.63, 3.8) is 0 Å². The lowest BCUT2D eigenvalue weighted by atomic mass is 10.1. The van der Waals surface area contributed by atoms with Crippen LogP contribution in [0.1, 0.15) is 16.9 Å². The smallest absolute Gasteiger partial charge is 0.261 e. The molecule has 6 heteroatoms. The highest BCUT2D eigenvalue weighted by Gasteiger charge is 2.12. The number of halogens is 1. The van der Waals surface area contributed by atoms with Crippen molar-refractivity contribution in [2.75, 3.05) is 0 Å². The molecule has 4 rings (SSSR count). The Hall–Kier alpha value is -3.56. The fraction of sp³-hybridized carbons (Fsp3) is 0.120. The van der Waals surface area contributed by atoms with Gasteiger partial charge in [0.1, 0.15) is 17.4 Å². The molecule has 0 aliphatic heterocycles. The highest BCUT2D eigenvalue weighted by Crippen LogP contribution is 2.24. The van der Waals surface area contributed by atoms with Crippen LogP contribution in [0.5, 0.6) is 0 Å². The van der Waals surface area contributed by atoms with E-state index in [1.165, 1.54) is 5.56 Å². The molecular formula is C25H20BrN3O2. The Morgan fingerprint density at radius 1 is 1.13 bits per heavy atom. The van der Waals surface area contributed by atoms with Gasteiger partial charge >= 0.3 is 0 Å². The van der Waals surface area contributed by atoms with Gasteiger partial charge in [0, 0.05) is 28.1 Å². The molecule has 2 heterocycles. The van der Waals surface area contributed by atoms with E-state index in [2.05, 4.69) is 56.3 Å². The van der Waals surface area contributed by atoms with Crippen molar-refractivity contribution in [1.82, 2.24) is 9.88 Å². The Labute approximate surface area is 188 Å². The number of fused-ring (bicyclic) bond motifs is 1. The predicted molar refractivity (Wildman–Crippen MR) is 123 cm³/mol. The van der Waals surface area contributed by atoms with Gasteiger partial charge in [0.05, 0.1) is 12.8 Å². The molecule has 0 saturated carbocycles. The van der Waals surface area contributed by atoms with E-state index in [9.17, 15) is 10.1 Å². The molecule has 4 aromatic rings. The molecule has 2 aromatic carbocycles. The SMILES string of the molecule is N#C/C(=C\Cc1cn(Cc2ccc(Br)cc2)c2ccccc12)C(=O)NCc1ccco1. The first kappa shape index (κ1) is 20.7. The van der Waals surface area contributed by atoms with Crippen molar-refractivity contribution in [2.24, 2.45) is 0 Å². The van der Waals surface area contributed by atoms with E-state index in [-0.39, 0.29) is 12.1 Å². The molecule has 0 unspecified atom stereocenters. The maximum atomic E-state index is 12.4. The topological polar surface area (TPSA) is 71.0 Å². The zero-order chi connectivity index (χ0) is 21.6. The number of para-hydroxylation sites is 1.